The number of rotatable bonds is 4. The van der Waals surface area contributed by atoms with E-state index >= 15 is 0 Å². The molecule has 2 aromatic rings. The molecule has 154 valence electrons. The summed E-state index contributed by atoms with van der Waals surface area (Å²) in [5, 5.41) is 2.43. The predicted octanol–water partition coefficient (Wildman–Crippen LogP) is 5.31. The van der Waals surface area contributed by atoms with Crippen molar-refractivity contribution in [1.29, 1.82) is 0 Å². The van der Waals surface area contributed by atoms with Gasteiger partial charge in [-0.3, -0.25) is 9.69 Å². The molecule has 2 bridgehead atoms. The number of hydrogen-bond acceptors (Lipinski definition) is 2. The molecule has 1 unspecified atom stereocenters. The molecule has 0 saturated carbocycles. The lowest BCUT2D eigenvalue weighted by Gasteiger charge is -2.48. The van der Waals surface area contributed by atoms with Crippen molar-refractivity contribution in [2.75, 3.05) is 13.1 Å². The smallest absolute Gasteiger partial charge is 0.344 e. The Balaban J connectivity index is 1.64. The van der Waals surface area contributed by atoms with Crippen molar-refractivity contribution in [2.45, 2.75) is 37.5 Å². The molecule has 3 aliphatic rings. The van der Waals surface area contributed by atoms with Crippen molar-refractivity contribution in [2.24, 2.45) is 5.92 Å². The van der Waals surface area contributed by atoms with Gasteiger partial charge in [0.15, 0.2) is 0 Å². The van der Waals surface area contributed by atoms with E-state index in [1.165, 1.54) is 12.1 Å². The van der Waals surface area contributed by atoms with Crippen LogP contribution in [0.15, 0.2) is 48.5 Å². The molecule has 3 saturated heterocycles. The molecule has 7 heteroatoms. The number of piperidine rings is 3. The Labute approximate surface area is 172 Å². The van der Waals surface area contributed by atoms with Crippen LogP contribution in [0.3, 0.4) is 0 Å². The van der Waals surface area contributed by atoms with Gasteiger partial charge in [-0.1, -0.05) is 48.0 Å². The van der Waals surface area contributed by atoms with Gasteiger partial charge in [-0.2, -0.15) is 13.2 Å². The summed E-state index contributed by atoms with van der Waals surface area (Å²) < 4.78 is 39.6. The van der Waals surface area contributed by atoms with Gasteiger partial charge in [-0.15, -0.1) is 0 Å². The molecule has 3 nitrogen and oxygen atoms in total. The quantitative estimate of drug-likeness (QED) is 0.723. The first-order valence-electron chi connectivity index (χ1n) is 9.80. The summed E-state index contributed by atoms with van der Waals surface area (Å²) in [6, 6.07) is 12.9. The number of hydrogen-bond donors (Lipinski definition) is 1. The Kier molecular flexibility index (Phi) is 5.58. The fourth-order valence-electron chi connectivity index (χ4n) is 4.57. The maximum Gasteiger partial charge on any atom is 0.417 e. The largest absolute Gasteiger partial charge is 0.417 e. The van der Waals surface area contributed by atoms with E-state index in [9.17, 15) is 18.0 Å². The van der Waals surface area contributed by atoms with Gasteiger partial charge in [0.1, 0.15) is 0 Å². The number of fused-ring (bicyclic) bond motifs is 3. The Bertz CT molecular complexity index is 879. The van der Waals surface area contributed by atoms with Gasteiger partial charge in [0.2, 0.25) is 0 Å². The van der Waals surface area contributed by atoms with Crippen LogP contribution in [0, 0.1) is 5.92 Å². The zero-order valence-corrected chi connectivity index (χ0v) is 16.5. The fourth-order valence-corrected chi connectivity index (χ4v) is 4.88. The first kappa shape index (κ1) is 20.2. The van der Waals surface area contributed by atoms with Crippen molar-refractivity contribution in [1.82, 2.24) is 10.2 Å². The highest BCUT2D eigenvalue weighted by Crippen LogP contribution is 2.39. The summed E-state index contributed by atoms with van der Waals surface area (Å²) in [6.45, 7) is 1.97. The van der Waals surface area contributed by atoms with E-state index in [2.05, 4.69) is 10.2 Å². The van der Waals surface area contributed by atoms with Gasteiger partial charge >= 0.3 is 6.18 Å². The minimum absolute atomic E-state index is 0.124. The normalized spacial score (nSPS) is 24.9. The highest BCUT2D eigenvalue weighted by Gasteiger charge is 2.40. The molecule has 3 aliphatic heterocycles. The molecule has 2 aromatic carbocycles. The van der Waals surface area contributed by atoms with Crippen LogP contribution in [0.5, 0.6) is 0 Å². The van der Waals surface area contributed by atoms with Crippen LogP contribution in [0.2, 0.25) is 5.02 Å². The number of alkyl halides is 3. The SMILES string of the molecule is O=C(NC(c1ccccc1)[C@@H]1CC2CCN1CC2)c1cccc(C(F)(F)F)c1Cl. The van der Waals surface area contributed by atoms with Gasteiger partial charge in [-0.05, 0) is 56.0 Å². The van der Waals surface area contributed by atoms with E-state index in [-0.39, 0.29) is 17.6 Å². The first-order valence-corrected chi connectivity index (χ1v) is 10.2. The van der Waals surface area contributed by atoms with Crippen LogP contribution in [0.4, 0.5) is 13.2 Å². The lowest BCUT2D eigenvalue weighted by atomic mass is 9.79. The lowest BCUT2D eigenvalue weighted by molar-refractivity contribution is -0.137. The predicted molar refractivity (Wildman–Crippen MR) is 106 cm³/mol. The maximum atomic E-state index is 13.2. The Morgan fingerprint density at radius 1 is 1.07 bits per heavy atom. The Hall–Kier alpha value is -2.05. The van der Waals surface area contributed by atoms with Gasteiger partial charge in [0.25, 0.3) is 5.91 Å². The Morgan fingerprint density at radius 2 is 1.76 bits per heavy atom. The zero-order valence-electron chi connectivity index (χ0n) is 15.8. The zero-order chi connectivity index (χ0) is 20.6. The molecule has 1 N–H and O–H groups in total. The topological polar surface area (TPSA) is 32.3 Å². The standard InChI is InChI=1S/C22H22ClF3N2O/c23-19-16(7-4-8-17(19)22(24,25)26)21(29)27-20(15-5-2-1-3-6-15)18-13-14-9-11-28(18)12-10-14/h1-8,14,18,20H,9-13H2,(H,27,29)/t18-,20?/m0/s1. The minimum Gasteiger partial charge on any atom is -0.344 e. The van der Waals surface area contributed by atoms with E-state index in [1.54, 1.807) is 0 Å². The van der Waals surface area contributed by atoms with Crippen LogP contribution in [-0.2, 0) is 6.18 Å². The summed E-state index contributed by atoms with van der Waals surface area (Å²) >= 11 is 5.98. The molecule has 0 aromatic heterocycles. The number of nitrogens with zero attached hydrogens (tertiary/aromatic N) is 1. The second-order valence-electron chi connectivity index (χ2n) is 7.81. The third-order valence-electron chi connectivity index (χ3n) is 6.07. The van der Waals surface area contributed by atoms with Crippen LogP contribution in [0.1, 0.15) is 46.8 Å². The van der Waals surface area contributed by atoms with Crippen molar-refractivity contribution in [3.05, 3.63) is 70.2 Å². The fraction of sp³-hybridized carbons (Fsp3) is 0.409. The van der Waals surface area contributed by atoms with Crippen molar-refractivity contribution in [3.8, 4) is 0 Å². The van der Waals surface area contributed by atoms with E-state index < -0.39 is 22.7 Å². The van der Waals surface area contributed by atoms with Crippen LogP contribution < -0.4 is 5.32 Å². The summed E-state index contributed by atoms with van der Waals surface area (Å²) in [4.78, 5) is 15.4. The van der Waals surface area contributed by atoms with Gasteiger partial charge < -0.3 is 5.32 Å². The number of amides is 1. The average Bonchev–Trinajstić information content (AvgIpc) is 2.72. The van der Waals surface area contributed by atoms with Crippen molar-refractivity contribution < 1.29 is 18.0 Å². The molecular weight excluding hydrogens is 401 g/mol. The highest BCUT2D eigenvalue weighted by molar-refractivity contribution is 6.34. The second-order valence-corrected chi connectivity index (χ2v) is 8.19. The van der Waals surface area contributed by atoms with Crippen molar-refractivity contribution >= 4 is 17.5 Å². The average molecular weight is 423 g/mol. The summed E-state index contributed by atoms with van der Waals surface area (Å²) in [7, 11) is 0. The number of halogens is 4. The van der Waals surface area contributed by atoms with E-state index in [0.717, 1.165) is 44.0 Å². The lowest BCUT2D eigenvalue weighted by Crippen LogP contribution is -2.54. The molecule has 1 amide bonds. The third kappa shape index (κ3) is 4.14. The molecule has 2 atom stereocenters. The van der Waals surface area contributed by atoms with Gasteiger partial charge in [-0.25, -0.2) is 0 Å². The number of carbonyl (C=O) groups is 1. The minimum atomic E-state index is -4.61. The molecule has 3 heterocycles. The molecule has 3 fully saturated rings. The van der Waals surface area contributed by atoms with Crippen molar-refractivity contribution in [3.63, 3.8) is 0 Å². The molecule has 0 aliphatic carbocycles. The monoisotopic (exact) mass is 422 g/mol. The summed E-state index contributed by atoms with van der Waals surface area (Å²) in [5.41, 5.74) is -0.205. The van der Waals surface area contributed by atoms with Crippen LogP contribution in [-0.4, -0.2) is 29.9 Å². The van der Waals surface area contributed by atoms with E-state index in [1.807, 2.05) is 30.3 Å². The molecule has 0 radical (unpaired) electrons. The molecular formula is C22H22ClF3N2O. The maximum absolute atomic E-state index is 13.2. The van der Waals surface area contributed by atoms with E-state index in [4.69, 9.17) is 11.6 Å². The van der Waals surface area contributed by atoms with Crippen LogP contribution in [0.25, 0.3) is 0 Å². The number of nitrogens with one attached hydrogen (secondary N) is 1. The third-order valence-corrected chi connectivity index (χ3v) is 6.48. The number of benzene rings is 2. The molecule has 29 heavy (non-hydrogen) atoms. The Morgan fingerprint density at radius 3 is 2.34 bits per heavy atom. The molecule has 0 spiro atoms. The number of carbonyl (C=O) groups excluding carboxylic acids is 1. The summed E-state index contributed by atoms with van der Waals surface area (Å²) in [6.07, 6.45) is -1.33. The van der Waals surface area contributed by atoms with Gasteiger partial charge in [0.05, 0.1) is 22.2 Å². The first-order chi connectivity index (χ1) is 13.8. The van der Waals surface area contributed by atoms with Gasteiger partial charge in [0, 0.05) is 6.04 Å². The highest BCUT2D eigenvalue weighted by atomic mass is 35.5. The second kappa shape index (κ2) is 8.00. The summed E-state index contributed by atoms with van der Waals surface area (Å²) in [5.74, 6) is 0.0443. The van der Waals surface area contributed by atoms with E-state index in [0.29, 0.717) is 5.92 Å². The molecule has 5 rings (SSSR count). The van der Waals surface area contributed by atoms with Crippen LogP contribution >= 0.6 is 11.6 Å².